The molecule has 0 radical (unpaired) electrons. The molecule has 1 saturated heterocycles. The number of methoxy groups -OCH3 is 1. The number of Topliss-reactive ketones (excluding diaryl/α,β-unsaturated/α-hetero) is 1. The van der Waals surface area contributed by atoms with Crippen molar-refractivity contribution >= 4 is 23.3 Å². The number of piperidine rings is 1. The number of ketones is 1. The second-order valence-corrected chi connectivity index (χ2v) is 8.02. The van der Waals surface area contributed by atoms with Crippen molar-refractivity contribution in [3.63, 3.8) is 0 Å². The van der Waals surface area contributed by atoms with Crippen LogP contribution in [0.25, 0.3) is 0 Å². The third kappa shape index (κ3) is 4.77. The van der Waals surface area contributed by atoms with E-state index in [4.69, 9.17) is 18.6 Å². The van der Waals surface area contributed by atoms with Crippen LogP contribution in [-0.2, 0) is 16.1 Å². The SMILES string of the molecule is COCc1ccc(C(=O)N2CCCC(CC(=O)Nc3cc4c(cc3C(C)=O)OCO4)C2)o1. The molecule has 1 N–H and O–H groups in total. The van der Waals surface area contributed by atoms with E-state index in [1.807, 2.05) is 0 Å². The van der Waals surface area contributed by atoms with E-state index < -0.39 is 0 Å². The molecule has 0 saturated carbocycles. The van der Waals surface area contributed by atoms with Crippen molar-refractivity contribution < 1.29 is 33.0 Å². The maximum Gasteiger partial charge on any atom is 0.289 e. The molecule has 1 atom stereocenters. The molecule has 3 heterocycles. The molecule has 1 aromatic carbocycles. The number of hydrogen-bond donors (Lipinski definition) is 1. The zero-order valence-corrected chi connectivity index (χ0v) is 18.1. The highest BCUT2D eigenvalue weighted by Crippen LogP contribution is 2.37. The van der Waals surface area contributed by atoms with Crippen molar-refractivity contribution in [2.45, 2.75) is 32.8 Å². The van der Waals surface area contributed by atoms with Crippen LogP contribution in [0, 0.1) is 5.92 Å². The van der Waals surface area contributed by atoms with Crippen molar-refractivity contribution in [1.29, 1.82) is 0 Å². The summed E-state index contributed by atoms with van der Waals surface area (Å²) in [5.74, 6) is 1.27. The van der Waals surface area contributed by atoms with Crippen LogP contribution in [0.1, 0.15) is 52.9 Å². The van der Waals surface area contributed by atoms with Gasteiger partial charge in [-0.25, -0.2) is 0 Å². The third-order valence-electron chi connectivity index (χ3n) is 5.61. The number of amides is 2. The zero-order chi connectivity index (χ0) is 22.7. The molecule has 0 aliphatic carbocycles. The number of ether oxygens (including phenoxy) is 3. The molecule has 2 aromatic rings. The fourth-order valence-corrected chi connectivity index (χ4v) is 4.08. The summed E-state index contributed by atoms with van der Waals surface area (Å²) in [5.41, 5.74) is 0.768. The minimum atomic E-state index is -0.217. The number of likely N-dealkylation sites (tertiary alicyclic amines) is 1. The Morgan fingerprint density at radius 1 is 1.19 bits per heavy atom. The number of carbonyl (C=O) groups excluding carboxylic acids is 3. The van der Waals surface area contributed by atoms with Gasteiger partial charge in [-0.2, -0.15) is 0 Å². The van der Waals surface area contributed by atoms with Gasteiger partial charge in [0.1, 0.15) is 12.4 Å². The van der Waals surface area contributed by atoms with Crippen molar-refractivity contribution in [1.82, 2.24) is 4.90 Å². The monoisotopic (exact) mass is 442 g/mol. The van der Waals surface area contributed by atoms with E-state index in [0.29, 0.717) is 48.2 Å². The molecule has 32 heavy (non-hydrogen) atoms. The number of rotatable bonds is 7. The van der Waals surface area contributed by atoms with Gasteiger partial charge in [-0.05, 0) is 43.9 Å². The summed E-state index contributed by atoms with van der Waals surface area (Å²) in [5, 5.41) is 2.83. The number of hydrogen-bond acceptors (Lipinski definition) is 7. The van der Waals surface area contributed by atoms with Gasteiger partial charge in [0.2, 0.25) is 12.7 Å². The summed E-state index contributed by atoms with van der Waals surface area (Å²) in [7, 11) is 1.56. The molecular weight excluding hydrogens is 416 g/mol. The molecule has 9 nitrogen and oxygen atoms in total. The highest BCUT2D eigenvalue weighted by Gasteiger charge is 2.28. The second-order valence-electron chi connectivity index (χ2n) is 8.02. The minimum Gasteiger partial charge on any atom is -0.454 e. The summed E-state index contributed by atoms with van der Waals surface area (Å²) >= 11 is 0. The van der Waals surface area contributed by atoms with Crippen LogP contribution in [0.2, 0.25) is 0 Å². The van der Waals surface area contributed by atoms with E-state index in [0.717, 1.165) is 12.8 Å². The number of nitrogens with one attached hydrogen (secondary N) is 1. The molecule has 2 aliphatic heterocycles. The lowest BCUT2D eigenvalue weighted by Gasteiger charge is -2.32. The van der Waals surface area contributed by atoms with Crippen molar-refractivity contribution in [2.75, 3.05) is 32.3 Å². The van der Waals surface area contributed by atoms with E-state index in [1.54, 1.807) is 36.3 Å². The number of furan rings is 1. The van der Waals surface area contributed by atoms with Crippen LogP contribution in [0.15, 0.2) is 28.7 Å². The fraction of sp³-hybridized carbons (Fsp3) is 0.435. The Balaban J connectivity index is 1.38. The van der Waals surface area contributed by atoms with Crippen molar-refractivity contribution in [2.24, 2.45) is 5.92 Å². The van der Waals surface area contributed by atoms with Gasteiger partial charge in [0, 0.05) is 38.2 Å². The molecule has 170 valence electrons. The van der Waals surface area contributed by atoms with E-state index in [-0.39, 0.29) is 42.5 Å². The predicted octanol–water partition coefficient (Wildman–Crippen LogP) is 3.24. The predicted molar refractivity (Wildman–Crippen MR) is 114 cm³/mol. The van der Waals surface area contributed by atoms with Gasteiger partial charge in [-0.1, -0.05) is 0 Å². The first-order valence-electron chi connectivity index (χ1n) is 10.6. The van der Waals surface area contributed by atoms with Crippen LogP contribution in [-0.4, -0.2) is 49.5 Å². The average Bonchev–Trinajstić information content (AvgIpc) is 3.42. The van der Waals surface area contributed by atoms with Crippen LogP contribution < -0.4 is 14.8 Å². The van der Waals surface area contributed by atoms with Crippen molar-refractivity contribution in [3.8, 4) is 11.5 Å². The maximum atomic E-state index is 12.8. The Morgan fingerprint density at radius 2 is 1.97 bits per heavy atom. The molecule has 0 spiro atoms. The van der Waals surface area contributed by atoms with Crippen LogP contribution in [0.3, 0.4) is 0 Å². The Hall–Kier alpha value is -3.33. The van der Waals surface area contributed by atoms with Gasteiger partial charge >= 0.3 is 0 Å². The fourth-order valence-electron chi connectivity index (χ4n) is 4.08. The van der Waals surface area contributed by atoms with Crippen molar-refractivity contribution in [3.05, 3.63) is 41.3 Å². The standard InChI is InChI=1S/C23H26N2O7/c1-14(26)17-9-20-21(31-13-30-20)10-18(17)24-22(27)8-15-4-3-7-25(11-15)23(28)19-6-5-16(32-19)12-29-2/h5-6,9-10,15H,3-4,7-8,11-13H2,1-2H3,(H,24,27). The van der Waals surface area contributed by atoms with Gasteiger partial charge in [0.05, 0.1) is 5.69 Å². The molecule has 9 heteroatoms. The lowest BCUT2D eigenvalue weighted by atomic mass is 9.94. The molecule has 1 aromatic heterocycles. The Labute approximate surface area is 185 Å². The van der Waals surface area contributed by atoms with Crippen LogP contribution in [0.5, 0.6) is 11.5 Å². The Morgan fingerprint density at radius 3 is 2.72 bits per heavy atom. The lowest BCUT2D eigenvalue weighted by molar-refractivity contribution is -0.117. The number of anilines is 1. The topological polar surface area (TPSA) is 107 Å². The molecule has 1 fully saturated rings. The molecule has 2 amide bonds. The second kappa shape index (κ2) is 9.44. The van der Waals surface area contributed by atoms with E-state index in [1.165, 1.54) is 6.92 Å². The first-order valence-corrected chi connectivity index (χ1v) is 10.6. The minimum absolute atomic E-state index is 0.0101. The summed E-state index contributed by atoms with van der Waals surface area (Å²) in [6.07, 6.45) is 1.88. The van der Waals surface area contributed by atoms with Gasteiger partial charge in [-0.3, -0.25) is 14.4 Å². The lowest BCUT2D eigenvalue weighted by Crippen LogP contribution is -2.40. The summed E-state index contributed by atoms with van der Waals surface area (Å²) in [4.78, 5) is 39.3. The molecule has 1 unspecified atom stereocenters. The van der Waals surface area contributed by atoms with E-state index in [2.05, 4.69) is 5.32 Å². The number of fused-ring (bicyclic) bond motifs is 1. The summed E-state index contributed by atoms with van der Waals surface area (Å²) < 4.78 is 21.3. The van der Waals surface area contributed by atoms with Crippen LogP contribution >= 0.6 is 0 Å². The number of nitrogens with zero attached hydrogens (tertiary/aromatic N) is 1. The highest BCUT2D eigenvalue weighted by atomic mass is 16.7. The maximum absolute atomic E-state index is 12.8. The molecule has 4 rings (SSSR count). The van der Waals surface area contributed by atoms with E-state index in [9.17, 15) is 14.4 Å². The molecular formula is C23H26N2O7. The molecule has 2 aliphatic rings. The summed E-state index contributed by atoms with van der Waals surface area (Å²) in [6.45, 7) is 2.91. The third-order valence-corrected chi connectivity index (χ3v) is 5.61. The zero-order valence-electron chi connectivity index (χ0n) is 18.1. The van der Waals surface area contributed by atoms with Gasteiger partial charge < -0.3 is 28.8 Å². The first-order chi connectivity index (χ1) is 15.4. The largest absolute Gasteiger partial charge is 0.454 e. The Kier molecular flexibility index (Phi) is 6.45. The quantitative estimate of drug-likeness (QED) is 0.656. The van der Waals surface area contributed by atoms with Gasteiger partial charge in [0.15, 0.2) is 23.0 Å². The number of benzene rings is 1. The van der Waals surface area contributed by atoms with Gasteiger partial charge in [-0.15, -0.1) is 0 Å². The van der Waals surface area contributed by atoms with Gasteiger partial charge in [0.25, 0.3) is 5.91 Å². The highest BCUT2D eigenvalue weighted by molar-refractivity contribution is 6.04. The smallest absolute Gasteiger partial charge is 0.289 e. The molecule has 0 bridgehead atoms. The Bertz CT molecular complexity index is 1030. The number of carbonyl (C=O) groups is 3. The van der Waals surface area contributed by atoms with E-state index >= 15 is 0 Å². The summed E-state index contributed by atoms with van der Waals surface area (Å²) in [6, 6.07) is 6.57. The average molecular weight is 442 g/mol. The van der Waals surface area contributed by atoms with Crippen LogP contribution in [0.4, 0.5) is 5.69 Å². The first kappa shape index (κ1) is 21.9. The normalized spacial score (nSPS) is 17.3.